The third-order valence-electron chi connectivity index (χ3n) is 3.55. The molecule has 0 aliphatic carbocycles. The third-order valence-corrected chi connectivity index (χ3v) is 6.41. The molecular weight excluding hydrogens is 339 g/mol. The van der Waals surface area contributed by atoms with Crippen LogP contribution in [0.5, 0.6) is 0 Å². The maximum absolute atomic E-state index is 14.0. The van der Waals surface area contributed by atoms with Gasteiger partial charge in [-0.25, -0.2) is 12.8 Å². The summed E-state index contributed by atoms with van der Waals surface area (Å²) in [5.41, 5.74) is 0.731. The number of anilines is 2. The van der Waals surface area contributed by atoms with Crippen molar-refractivity contribution in [3.8, 4) is 0 Å². The maximum Gasteiger partial charge on any atom is 0.271 e. The second kappa shape index (κ2) is 6.46. The standard InChI is InChI=1S/C15H17FN2O3S2/c1-11-2-5-15(22-11)23(19,20)17-14-10-12(3-4-13(14)16)18-6-8-21-9-7-18/h2-5,10,17H,6-9H2,1H3. The fourth-order valence-electron chi connectivity index (χ4n) is 2.36. The molecule has 2 aromatic rings. The molecule has 1 N–H and O–H groups in total. The number of hydrogen-bond donors (Lipinski definition) is 1. The van der Waals surface area contributed by atoms with Crippen LogP contribution < -0.4 is 9.62 Å². The molecule has 1 aliphatic heterocycles. The molecule has 0 spiro atoms. The smallest absolute Gasteiger partial charge is 0.271 e. The van der Waals surface area contributed by atoms with E-state index in [1.807, 2.05) is 11.8 Å². The average Bonchev–Trinajstić information content (AvgIpc) is 2.98. The van der Waals surface area contributed by atoms with Gasteiger partial charge in [0.25, 0.3) is 10.0 Å². The van der Waals surface area contributed by atoms with E-state index in [2.05, 4.69) is 4.72 Å². The van der Waals surface area contributed by atoms with E-state index in [1.165, 1.54) is 18.2 Å². The summed E-state index contributed by atoms with van der Waals surface area (Å²) in [6.45, 7) is 4.42. The number of aryl methyl sites for hydroxylation is 1. The van der Waals surface area contributed by atoms with Gasteiger partial charge < -0.3 is 9.64 Å². The predicted molar refractivity (Wildman–Crippen MR) is 89.3 cm³/mol. The van der Waals surface area contributed by atoms with Crippen molar-refractivity contribution in [2.75, 3.05) is 35.9 Å². The summed E-state index contributed by atoms with van der Waals surface area (Å²) in [4.78, 5) is 2.92. The number of morpholine rings is 1. The molecule has 5 nitrogen and oxygen atoms in total. The first kappa shape index (κ1) is 16.2. The number of thiophene rings is 1. The van der Waals surface area contributed by atoms with Crippen LogP contribution in [0.2, 0.25) is 0 Å². The Morgan fingerprint density at radius 3 is 2.61 bits per heavy atom. The molecule has 0 bridgehead atoms. The van der Waals surface area contributed by atoms with Crippen molar-refractivity contribution in [3.05, 3.63) is 41.0 Å². The van der Waals surface area contributed by atoms with E-state index in [4.69, 9.17) is 4.74 Å². The Labute approximate surface area is 138 Å². The lowest BCUT2D eigenvalue weighted by molar-refractivity contribution is 0.122. The van der Waals surface area contributed by atoms with Crippen LogP contribution in [0.3, 0.4) is 0 Å². The molecule has 0 saturated carbocycles. The number of ether oxygens (including phenoxy) is 1. The van der Waals surface area contributed by atoms with Crippen LogP contribution in [0.25, 0.3) is 0 Å². The molecule has 124 valence electrons. The van der Waals surface area contributed by atoms with Crippen LogP contribution in [0, 0.1) is 12.7 Å². The fourth-order valence-corrected chi connectivity index (χ4v) is 4.70. The molecule has 0 unspecified atom stereocenters. The van der Waals surface area contributed by atoms with E-state index in [-0.39, 0.29) is 9.90 Å². The summed E-state index contributed by atoms with van der Waals surface area (Å²) in [7, 11) is -3.78. The summed E-state index contributed by atoms with van der Waals surface area (Å²) < 4.78 is 46.5. The normalized spacial score (nSPS) is 15.7. The number of nitrogens with one attached hydrogen (secondary N) is 1. The van der Waals surface area contributed by atoms with Gasteiger partial charge in [0.2, 0.25) is 0 Å². The first-order chi connectivity index (χ1) is 11.0. The quantitative estimate of drug-likeness (QED) is 0.915. The first-order valence-electron chi connectivity index (χ1n) is 7.17. The minimum Gasteiger partial charge on any atom is -0.378 e. The zero-order valence-electron chi connectivity index (χ0n) is 12.6. The summed E-state index contributed by atoms with van der Waals surface area (Å²) in [6, 6.07) is 7.69. The topological polar surface area (TPSA) is 58.6 Å². The minimum absolute atomic E-state index is 0.0416. The number of sulfonamides is 1. The molecule has 1 saturated heterocycles. The Bertz CT molecular complexity index is 799. The van der Waals surface area contributed by atoms with E-state index in [0.717, 1.165) is 21.9 Å². The van der Waals surface area contributed by atoms with Gasteiger partial charge in [0.1, 0.15) is 10.0 Å². The maximum atomic E-state index is 14.0. The fraction of sp³-hybridized carbons (Fsp3) is 0.333. The molecule has 0 atom stereocenters. The van der Waals surface area contributed by atoms with Crippen molar-refractivity contribution in [2.45, 2.75) is 11.1 Å². The molecule has 1 aromatic heterocycles. The van der Waals surface area contributed by atoms with Crippen LogP contribution in [-0.2, 0) is 14.8 Å². The van der Waals surface area contributed by atoms with Gasteiger partial charge in [-0.05, 0) is 37.3 Å². The lowest BCUT2D eigenvalue weighted by Crippen LogP contribution is -2.36. The molecule has 1 aromatic carbocycles. The van der Waals surface area contributed by atoms with Crippen LogP contribution >= 0.6 is 11.3 Å². The average molecular weight is 356 g/mol. The number of nitrogens with zero attached hydrogens (tertiary/aromatic N) is 1. The molecule has 1 aliphatic rings. The second-order valence-corrected chi connectivity index (χ2v) is 8.43. The Balaban J connectivity index is 1.87. The number of halogens is 1. The van der Waals surface area contributed by atoms with Gasteiger partial charge in [0, 0.05) is 23.7 Å². The molecular formula is C15H17FN2O3S2. The number of rotatable bonds is 4. The van der Waals surface area contributed by atoms with Crippen molar-refractivity contribution < 1.29 is 17.5 Å². The Morgan fingerprint density at radius 2 is 1.96 bits per heavy atom. The Hall–Kier alpha value is -1.64. The molecule has 0 radical (unpaired) electrons. The Morgan fingerprint density at radius 1 is 1.22 bits per heavy atom. The summed E-state index contributed by atoms with van der Waals surface area (Å²) in [6.07, 6.45) is 0. The zero-order valence-corrected chi connectivity index (χ0v) is 14.2. The summed E-state index contributed by atoms with van der Waals surface area (Å²) >= 11 is 1.15. The van der Waals surface area contributed by atoms with E-state index in [0.29, 0.717) is 26.3 Å². The van der Waals surface area contributed by atoms with E-state index in [1.54, 1.807) is 12.1 Å². The summed E-state index contributed by atoms with van der Waals surface area (Å²) in [5.74, 6) is -0.598. The van der Waals surface area contributed by atoms with Gasteiger partial charge >= 0.3 is 0 Å². The first-order valence-corrected chi connectivity index (χ1v) is 9.47. The highest BCUT2D eigenvalue weighted by atomic mass is 32.2. The lowest BCUT2D eigenvalue weighted by atomic mass is 10.2. The number of benzene rings is 1. The van der Waals surface area contributed by atoms with Crippen molar-refractivity contribution in [3.63, 3.8) is 0 Å². The third kappa shape index (κ3) is 3.65. The minimum atomic E-state index is -3.78. The highest BCUT2D eigenvalue weighted by molar-refractivity contribution is 7.94. The lowest BCUT2D eigenvalue weighted by Gasteiger charge is -2.29. The highest BCUT2D eigenvalue weighted by Crippen LogP contribution is 2.28. The Kier molecular flexibility index (Phi) is 4.56. The van der Waals surface area contributed by atoms with Crippen LogP contribution in [0.15, 0.2) is 34.5 Å². The van der Waals surface area contributed by atoms with Crippen LogP contribution in [-0.4, -0.2) is 34.7 Å². The molecule has 0 amide bonds. The van der Waals surface area contributed by atoms with Gasteiger partial charge in [-0.2, -0.15) is 0 Å². The SMILES string of the molecule is Cc1ccc(S(=O)(=O)Nc2cc(N3CCOCC3)ccc2F)s1. The van der Waals surface area contributed by atoms with Gasteiger partial charge in [-0.3, -0.25) is 4.72 Å². The monoisotopic (exact) mass is 356 g/mol. The van der Waals surface area contributed by atoms with Crippen molar-refractivity contribution in [1.29, 1.82) is 0 Å². The van der Waals surface area contributed by atoms with Crippen LogP contribution in [0.4, 0.5) is 15.8 Å². The van der Waals surface area contributed by atoms with Crippen molar-refractivity contribution >= 4 is 32.7 Å². The van der Waals surface area contributed by atoms with E-state index in [9.17, 15) is 12.8 Å². The summed E-state index contributed by atoms with van der Waals surface area (Å²) in [5, 5.41) is 0. The highest BCUT2D eigenvalue weighted by Gasteiger charge is 2.20. The molecule has 3 rings (SSSR count). The van der Waals surface area contributed by atoms with Gasteiger partial charge in [0.05, 0.1) is 18.9 Å². The zero-order chi connectivity index (χ0) is 16.4. The molecule has 8 heteroatoms. The van der Waals surface area contributed by atoms with Gasteiger partial charge in [-0.15, -0.1) is 11.3 Å². The second-order valence-electron chi connectivity index (χ2n) is 5.23. The largest absolute Gasteiger partial charge is 0.378 e. The van der Waals surface area contributed by atoms with Crippen molar-refractivity contribution in [2.24, 2.45) is 0 Å². The molecule has 23 heavy (non-hydrogen) atoms. The molecule has 1 fully saturated rings. The van der Waals surface area contributed by atoms with E-state index < -0.39 is 15.8 Å². The van der Waals surface area contributed by atoms with Gasteiger partial charge in [0.15, 0.2) is 0 Å². The predicted octanol–water partition coefficient (Wildman–Crippen LogP) is 2.83. The molecule has 2 heterocycles. The van der Waals surface area contributed by atoms with Crippen LogP contribution in [0.1, 0.15) is 4.88 Å². The number of hydrogen-bond acceptors (Lipinski definition) is 5. The van der Waals surface area contributed by atoms with Gasteiger partial charge in [-0.1, -0.05) is 0 Å². The van der Waals surface area contributed by atoms with Crippen molar-refractivity contribution in [1.82, 2.24) is 0 Å². The van der Waals surface area contributed by atoms with E-state index >= 15 is 0 Å².